The van der Waals surface area contributed by atoms with Gasteiger partial charge in [-0.2, -0.15) is 0 Å². The van der Waals surface area contributed by atoms with E-state index in [2.05, 4.69) is 49.5 Å². The summed E-state index contributed by atoms with van der Waals surface area (Å²) in [5.74, 6) is 1.38. The number of rotatable bonds is 8. The van der Waals surface area contributed by atoms with E-state index in [9.17, 15) is 0 Å². The summed E-state index contributed by atoms with van der Waals surface area (Å²) in [5.41, 5.74) is 1.32. The summed E-state index contributed by atoms with van der Waals surface area (Å²) in [6, 6.07) is 13.1. The Morgan fingerprint density at radius 3 is 2.55 bits per heavy atom. The van der Waals surface area contributed by atoms with E-state index in [1.807, 2.05) is 6.07 Å². The molecule has 2 atom stereocenters. The van der Waals surface area contributed by atoms with E-state index in [1.165, 1.54) is 16.3 Å². The van der Waals surface area contributed by atoms with Crippen LogP contribution in [0.15, 0.2) is 36.4 Å². The maximum Gasteiger partial charge on any atom is 0.119 e. The van der Waals surface area contributed by atoms with Gasteiger partial charge in [0, 0.05) is 12.6 Å². The highest BCUT2D eigenvalue weighted by Crippen LogP contribution is 2.25. The lowest BCUT2D eigenvalue weighted by Crippen LogP contribution is -2.26. The fraction of sp³-hybridized carbons (Fsp3) is 0.474. The Bertz CT molecular complexity index is 597. The first-order valence-corrected chi connectivity index (χ1v) is 8.09. The average Bonchev–Trinajstić information content (AvgIpc) is 2.55. The SMILES string of the molecule is CCC(NCC(C)CCO)c1ccc2cc(OC)ccc2c1. The second kappa shape index (κ2) is 8.16. The fourth-order valence-corrected chi connectivity index (χ4v) is 2.75. The monoisotopic (exact) mass is 301 g/mol. The zero-order valence-corrected chi connectivity index (χ0v) is 13.8. The number of methoxy groups -OCH3 is 1. The van der Waals surface area contributed by atoms with Crippen LogP contribution in [0, 0.1) is 5.92 Å². The highest BCUT2D eigenvalue weighted by Gasteiger charge is 2.11. The molecule has 0 aliphatic rings. The number of benzene rings is 2. The molecule has 0 aliphatic carbocycles. The highest BCUT2D eigenvalue weighted by molar-refractivity contribution is 5.84. The lowest BCUT2D eigenvalue weighted by atomic mass is 9.99. The molecule has 22 heavy (non-hydrogen) atoms. The Morgan fingerprint density at radius 2 is 1.86 bits per heavy atom. The second-order valence-corrected chi connectivity index (χ2v) is 5.96. The molecule has 0 amide bonds. The summed E-state index contributed by atoms with van der Waals surface area (Å²) in [6.45, 7) is 5.56. The minimum atomic E-state index is 0.261. The smallest absolute Gasteiger partial charge is 0.119 e. The highest BCUT2D eigenvalue weighted by atomic mass is 16.5. The van der Waals surface area contributed by atoms with E-state index < -0.39 is 0 Å². The van der Waals surface area contributed by atoms with Gasteiger partial charge in [0.2, 0.25) is 0 Å². The number of aliphatic hydroxyl groups excluding tert-OH is 1. The largest absolute Gasteiger partial charge is 0.497 e. The third-order valence-corrected chi connectivity index (χ3v) is 4.22. The van der Waals surface area contributed by atoms with Crippen LogP contribution in [0.25, 0.3) is 10.8 Å². The number of hydrogen-bond donors (Lipinski definition) is 2. The predicted octanol–water partition coefficient (Wildman–Crippen LogP) is 3.91. The van der Waals surface area contributed by atoms with Gasteiger partial charge in [-0.3, -0.25) is 0 Å². The number of aliphatic hydroxyl groups is 1. The normalized spacial score (nSPS) is 14.0. The lowest BCUT2D eigenvalue weighted by molar-refractivity contribution is 0.257. The van der Waals surface area contributed by atoms with Crippen LogP contribution in [-0.2, 0) is 0 Å². The first-order valence-electron chi connectivity index (χ1n) is 8.09. The molecule has 120 valence electrons. The molecule has 3 nitrogen and oxygen atoms in total. The van der Waals surface area contributed by atoms with Crippen LogP contribution in [0.1, 0.15) is 38.3 Å². The van der Waals surface area contributed by atoms with Crippen LogP contribution in [-0.4, -0.2) is 25.4 Å². The topological polar surface area (TPSA) is 41.5 Å². The molecule has 0 aliphatic heterocycles. The molecular formula is C19H27NO2. The Hall–Kier alpha value is -1.58. The van der Waals surface area contributed by atoms with Gasteiger partial charge in [-0.05, 0) is 59.8 Å². The molecule has 0 fully saturated rings. The standard InChI is InChI=1S/C19H27NO2/c1-4-19(20-13-14(2)9-10-21)17-6-5-16-12-18(22-3)8-7-15(16)11-17/h5-8,11-12,14,19-21H,4,9-10,13H2,1-3H3. The molecular weight excluding hydrogens is 274 g/mol. The maximum absolute atomic E-state index is 9.00. The first-order chi connectivity index (χ1) is 10.7. The number of nitrogens with one attached hydrogen (secondary N) is 1. The summed E-state index contributed by atoms with van der Waals surface area (Å²) < 4.78 is 5.28. The van der Waals surface area contributed by atoms with Gasteiger partial charge < -0.3 is 15.2 Å². The molecule has 0 radical (unpaired) electrons. The van der Waals surface area contributed by atoms with Gasteiger partial charge in [0.1, 0.15) is 5.75 Å². The zero-order chi connectivity index (χ0) is 15.9. The first kappa shape index (κ1) is 16.8. The molecule has 2 aromatic rings. The van der Waals surface area contributed by atoms with Gasteiger partial charge in [-0.1, -0.05) is 32.0 Å². The Kier molecular flexibility index (Phi) is 6.22. The van der Waals surface area contributed by atoms with Crippen LogP contribution in [0.5, 0.6) is 5.75 Å². The van der Waals surface area contributed by atoms with Crippen molar-refractivity contribution in [3.63, 3.8) is 0 Å². The summed E-state index contributed by atoms with van der Waals surface area (Å²) in [6.07, 6.45) is 1.90. The number of fused-ring (bicyclic) bond motifs is 1. The average molecular weight is 301 g/mol. The van der Waals surface area contributed by atoms with E-state index in [-0.39, 0.29) is 6.61 Å². The molecule has 3 heteroatoms. The summed E-state index contributed by atoms with van der Waals surface area (Å²) in [7, 11) is 1.69. The van der Waals surface area contributed by atoms with Crippen LogP contribution in [0.3, 0.4) is 0 Å². The van der Waals surface area contributed by atoms with Crippen molar-refractivity contribution in [2.75, 3.05) is 20.3 Å². The molecule has 0 heterocycles. The summed E-state index contributed by atoms with van der Waals surface area (Å²) >= 11 is 0. The molecule has 2 aromatic carbocycles. The third kappa shape index (κ3) is 4.21. The van der Waals surface area contributed by atoms with Crippen molar-refractivity contribution in [1.29, 1.82) is 0 Å². The van der Waals surface area contributed by atoms with Gasteiger partial charge in [-0.25, -0.2) is 0 Å². The van der Waals surface area contributed by atoms with Crippen LogP contribution in [0.2, 0.25) is 0 Å². The van der Waals surface area contributed by atoms with E-state index in [1.54, 1.807) is 7.11 Å². The van der Waals surface area contributed by atoms with E-state index in [0.29, 0.717) is 12.0 Å². The Labute approximate surface area is 133 Å². The van der Waals surface area contributed by atoms with Crippen LogP contribution in [0.4, 0.5) is 0 Å². The van der Waals surface area contributed by atoms with Crippen molar-refractivity contribution in [2.45, 2.75) is 32.7 Å². The summed E-state index contributed by atoms with van der Waals surface area (Å²) in [5, 5.41) is 15.1. The van der Waals surface area contributed by atoms with Crippen molar-refractivity contribution >= 4 is 10.8 Å². The minimum absolute atomic E-state index is 0.261. The van der Waals surface area contributed by atoms with E-state index in [4.69, 9.17) is 9.84 Å². The molecule has 2 N–H and O–H groups in total. The van der Waals surface area contributed by atoms with Crippen molar-refractivity contribution in [2.24, 2.45) is 5.92 Å². The zero-order valence-electron chi connectivity index (χ0n) is 13.8. The van der Waals surface area contributed by atoms with Gasteiger partial charge in [0.25, 0.3) is 0 Å². The van der Waals surface area contributed by atoms with Crippen molar-refractivity contribution in [3.8, 4) is 5.75 Å². The molecule has 0 bridgehead atoms. The second-order valence-electron chi connectivity index (χ2n) is 5.96. The number of hydrogen-bond acceptors (Lipinski definition) is 3. The van der Waals surface area contributed by atoms with Gasteiger partial charge in [-0.15, -0.1) is 0 Å². The Morgan fingerprint density at radius 1 is 1.14 bits per heavy atom. The van der Waals surface area contributed by atoms with Gasteiger partial charge in [0.15, 0.2) is 0 Å². The number of ether oxygens (including phenoxy) is 1. The van der Waals surface area contributed by atoms with Gasteiger partial charge in [0.05, 0.1) is 7.11 Å². The molecule has 2 rings (SSSR count). The molecule has 0 aromatic heterocycles. The van der Waals surface area contributed by atoms with Crippen LogP contribution < -0.4 is 10.1 Å². The van der Waals surface area contributed by atoms with Crippen molar-refractivity contribution in [3.05, 3.63) is 42.0 Å². The van der Waals surface area contributed by atoms with E-state index >= 15 is 0 Å². The third-order valence-electron chi connectivity index (χ3n) is 4.22. The Balaban J connectivity index is 2.13. The molecule has 0 saturated carbocycles. The maximum atomic E-state index is 9.00. The summed E-state index contributed by atoms with van der Waals surface area (Å²) in [4.78, 5) is 0. The molecule has 0 saturated heterocycles. The predicted molar refractivity (Wildman–Crippen MR) is 92.4 cm³/mol. The quantitative estimate of drug-likeness (QED) is 0.777. The lowest BCUT2D eigenvalue weighted by Gasteiger charge is -2.20. The molecule has 2 unspecified atom stereocenters. The van der Waals surface area contributed by atoms with E-state index in [0.717, 1.165) is 25.1 Å². The van der Waals surface area contributed by atoms with Gasteiger partial charge >= 0.3 is 0 Å². The molecule has 0 spiro atoms. The fourth-order valence-electron chi connectivity index (χ4n) is 2.75. The minimum Gasteiger partial charge on any atom is -0.497 e. The van der Waals surface area contributed by atoms with Crippen LogP contribution >= 0.6 is 0 Å². The van der Waals surface area contributed by atoms with Crippen molar-refractivity contribution < 1.29 is 9.84 Å². The van der Waals surface area contributed by atoms with Crippen molar-refractivity contribution in [1.82, 2.24) is 5.32 Å².